The van der Waals surface area contributed by atoms with E-state index < -0.39 is 0 Å². The summed E-state index contributed by atoms with van der Waals surface area (Å²) in [6.07, 6.45) is 0. The standard InChI is InChI=1S/C19H23N5O3/c1-3-27-16-6-4-15(5-7-16)20-19(26)17-8-9-18(22-21-17)24-12-10-23(11-13-24)14(2)25/h4-9H,3,10-13H2,1-2H3,(H,20,26). The van der Waals surface area contributed by atoms with Crippen LogP contribution in [-0.4, -0.2) is 59.7 Å². The van der Waals surface area contributed by atoms with E-state index in [1.807, 2.05) is 11.8 Å². The molecule has 2 amide bonds. The Labute approximate surface area is 158 Å². The predicted molar refractivity (Wildman–Crippen MR) is 102 cm³/mol. The van der Waals surface area contributed by atoms with Gasteiger partial charge in [0.1, 0.15) is 5.75 Å². The molecule has 0 radical (unpaired) electrons. The molecule has 0 saturated carbocycles. The van der Waals surface area contributed by atoms with E-state index in [2.05, 4.69) is 20.4 Å². The van der Waals surface area contributed by atoms with Crippen molar-refractivity contribution in [3.63, 3.8) is 0 Å². The lowest BCUT2D eigenvalue weighted by molar-refractivity contribution is -0.129. The summed E-state index contributed by atoms with van der Waals surface area (Å²) in [5, 5.41) is 11.0. The second-order valence-electron chi connectivity index (χ2n) is 6.18. The Bertz CT molecular complexity index is 784. The quantitative estimate of drug-likeness (QED) is 0.865. The zero-order chi connectivity index (χ0) is 19.2. The average Bonchev–Trinajstić information content (AvgIpc) is 2.70. The van der Waals surface area contributed by atoms with E-state index in [0.29, 0.717) is 44.3 Å². The molecule has 0 aliphatic carbocycles. The van der Waals surface area contributed by atoms with E-state index in [9.17, 15) is 9.59 Å². The van der Waals surface area contributed by atoms with E-state index in [0.717, 1.165) is 5.75 Å². The third-order valence-electron chi connectivity index (χ3n) is 4.36. The SMILES string of the molecule is CCOc1ccc(NC(=O)c2ccc(N3CCN(C(C)=O)CC3)nn2)cc1. The average molecular weight is 369 g/mol. The normalized spacial score (nSPS) is 14.0. The predicted octanol–water partition coefficient (Wildman–Crippen LogP) is 1.80. The van der Waals surface area contributed by atoms with Gasteiger partial charge in [0.15, 0.2) is 11.5 Å². The Morgan fingerprint density at radius 3 is 2.30 bits per heavy atom. The number of benzene rings is 1. The van der Waals surface area contributed by atoms with Crippen LogP contribution in [0.5, 0.6) is 5.75 Å². The lowest BCUT2D eigenvalue weighted by Crippen LogP contribution is -2.48. The van der Waals surface area contributed by atoms with Crippen LogP contribution in [0.25, 0.3) is 0 Å². The van der Waals surface area contributed by atoms with Crippen LogP contribution in [0.2, 0.25) is 0 Å². The number of hydrogen-bond donors (Lipinski definition) is 1. The van der Waals surface area contributed by atoms with Crippen LogP contribution in [0.15, 0.2) is 36.4 Å². The maximum atomic E-state index is 12.3. The molecular weight excluding hydrogens is 346 g/mol. The van der Waals surface area contributed by atoms with Crippen LogP contribution in [0, 0.1) is 0 Å². The van der Waals surface area contributed by atoms with Crippen molar-refractivity contribution in [2.24, 2.45) is 0 Å². The Kier molecular flexibility index (Phi) is 5.85. The molecule has 0 bridgehead atoms. The summed E-state index contributed by atoms with van der Waals surface area (Å²) < 4.78 is 5.38. The van der Waals surface area contributed by atoms with Gasteiger partial charge >= 0.3 is 0 Å². The zero-order valence-corrected chi connectivity index (χ0v) is 15.5. The first-order chi connectivity index (χ1) is 13.1. The highest BCUT2D eigenvalue weighted by molar-refractivity contribution is 6.02. The van der Waals surface area contributed by atoms with Crippen molar-refractivity contribution >= 4 is 23.3 Å². The lowest BCUT2D eigenvalue weighted by atomic mass is 10.2. The topological polar surface area (TPSA) is 87.7 Å². The third-order valence-corrected chi connectivity index (χ3v) is 4.36. The van der Waals surface area contributed by atoms with E-state index in [1.54, 1.807) is 43.3 Å². The summed E-state index contributed by atoms with van der Waals surface area (Å²) in [6.45, 7) is 6.82. The molecule has 0 spiro atoms. The van der Waals surface area contributed by atoms with Crippen molar-refractivity contribution in [3.05, 3.63) is 42.1 Å². The van der Waals surface area contributed by atoms with Gasteiger partial charge in [0, 0.05) is 38.8 Å². The summed E-state index contributed by atoms with van der Waals surface area (Å²) in [5.41, 5.74) is 0.907. The van der Waals surface area contributed by atoms with Gasteiger partial charge in [0.2, 0.25) is 5.91 Å². The minimum absolute atomic E-state index is 0.0852. The number of ether oxygens (including phenoxy) is 1. The molecule has 0 atom stereocenters. The Morgan fingerprint density at radius 1 is 1.04 bits per heavy atom. The minimum atomic E-state index is -0.320. The number of nitrogens with one attached hydrogen (secondary N) is 1. The number of rotatable bonds is 5. The largest absolute Gasteiger partial charge is 0.494 e. The van der Waals surface area contributed by atoms with E-state index in [-0.39, 0.29) is 17.5 Å². The van der Waals surface area contributed by atoms with Crippen LogP contribution in [-0.2, 0) is 4.79 Å². The molecule has 1 saturated heterocycles. The molecule has 8 nitrogen and oxygen atoms in total. The Hall–Kier alpha value is -3.16. The molecule has 27 heavy (non-hydrogen) atoms. The highest BCUT2D eigenvalue weighted by Crippen LogP contribution is 2.17. The molecule has 0 unspecified atom stereocenters. The molecule has 1 N–H and O–H groups in total. The Morgan fingerprint density at radius 2 is 1.74 bits per heavy atom. The van der Waals surface area contributed by atoms with Crippen molar-refractivity contribution in [2.45, 2.75) is 13.8 Å². The lowest BCUT2D eigenvalue weighted by Gasteiger charge is -2.34. The van der Waals surface area contributed by atoms with Crippen LogP contribution in [0.4, 0.5) is 11.5 Å². The van der Waals surface area contributed by atoms with Crippen molar-refractivity contribution in [1.82, 2.24) is 15.1 Å². The van der Waals surface area contributed by atoms with Crippen LogP contribution in [0.3, 0.4) is 0 Å². The molecule has 2 heterocycles. The number of aromatic nitrogens is 2. The second kappa shape index (κ2) is 8.48. The molecule has 1 fully saturated rings. The maximum absolute atomic E-state index is 12.3. The molecule has 142 valence electrons. The number of nitrogens with zero attached hydrogens (tertiary/aromatic N) is 4. The highest BCUT2D eigenvalue weighted by Gasteiger charge is 2.20. The van der Waals surface area contributed by atoms with Crippen molar-refractivity contribution in [3.8, 4) is 5.75 Å². The third kappa shape index (κ3) is 4.72. The molecule has 2 aromatic rings. The van der Waals surface area contributed by atoms with Crippen LogP contribution < -0.4 is 15.0 Å². The summed E-state index contributed by atoms with van der Waals surface area (Å²) >= 11 is 0. The van der Waals surface area contributed by atoms with Gasteiger partial charge in [-0.15, -0.1) is 10.2 Å². The maximum Gasteiger partial charge on any atom is 0.276 e. The van der Waals surface area contributed by atoms with Crippen LogP contribution in [0.1, 0.15) is 24.3 Å². The molecule has 8 heteroatoms. The van der Waals surface area contributed by atoms with E-state index in [1.165, 1.54) is 0 Å². The van der Waals surface area contributed by atoms with E-state index >= 15 is 0 Å². The zero-order valence-electron chi connectivity index (χ0n) is 15.5. The fourth-order valence-corrected chi connectivity index (χ4v) is 2.86. The molecule has 3 rings (SSSR count). The van der Waals surface area contributed by atoms with Gasteiger partial charge in [-0.1, -0.05) is 0 Å². The fourth-order valence-electron chi connectivity index (χ4n) is 2.86. The number of hydrogen-bond acceptors (Lipinski definition) is 6. The highest BCUT2D eigenvalue weighted by atomic mass is 16.5. The van der Waals surface area contributed by atoms with E-state index in [4.69, 9.17) is 4.74 Å². The smallest absolute Gasteiger partial charge is 0.276 e. The molecule has 1 aliphatic heterocycles. The Balaban J connectivity index is 1.58. The van der Waals surface area contributed by atoms with Crippen LogP contribution >= 0.6 is 0 Å². The second-order valence-corrected chi connectivity index (χ2v) is 6.18. The number of anilines is 2. The first-order valence-electron chi connectivity index (χ1n) is 8.95. The van der Waals surface area contributed by atoms with Gasteiger partial charge < -0.3 is 19.9 Å². The molecule has 1 aromatic carbocycles. The number of carbonyl (C=O) groups excluding carboxylic acids is 2. The molecule has 1 aliphatic rings. The van der Waals surface area contributed by atoms with Gasteiger partial charge in [-0.25, -0.2) is 0 Å². The van der Waals surface area contributed by atoms with Gasteiger partial charge in [-0.05, 0) is 43.3 Å². The molecule has 1 aromatic heterocycles. The minimum Gasteiger partial charge on any atom is -0.494 e. The van der Waals surface area contributed by atoms with Gasteiger partial charge in [0.05, 0.1) is 6.61 Å². The monoisotopic (exact) mass is 369 g/mol. The van der Waals surface area contributed by atoms with Crippen molar-refractivity contribution < 1.29 is 14.3 Å². The summed E-state index contributed by atoms with van der Waals surface area (Å²) in [4.78, 5) is 27.6. The number of piperazine rings is 1. The van der Waals surface area contributed by atoms with Gasteiger partial charge in [-0.2, -0.15) is 0 Å². The van der Waals surface area contributed by atoms with Crippen molar-refractivity contribution in [1.29, 1.82) is 0 Å². The number of carbonyl (C=O) groups is 2. The van der Waals surface area contributed by atoms with Gasteiger partial charge in [-0.3, -0.25) is 9.59 Å². The first kappa shape index (κ1) is 18.6. The number of amides is 2. The van der Waals surface area contributed by atoms with Gasteiger partial charge in [0.25, 0.3) is 5.91 Å². The molecular formula is C19H23N5O3. The first-order valence-corrected chi connectivity index (χ1v) is 8.95. The summed E-state index contributed by atoms with van der Waals surface area (Å²) in [5.74, 6) is 1.22. The van der Waals surface area contributed by atoms with Crippen molar-refractivity contribution in [2.75, 3.05) is 43.0 Å². The fraction of sp³-hybridized carbons (Fsp3) is 0.368. The summed E-state index contributed by atoms with van der Waals surface area (Å²) in [6, 6.07) is 10.6. The summed E-state index contributed by atoms with van der Waals surface area (Å²) in [7, 11) is 0.